The predicted octanol–water partition coefficient (Wildman–Crippen LogP) is 4.98. The summed E-state index contributed by atoms with van der Waals surface area (Å²) in [6, 6.07) is 5.11. The van der Waals surface area contributed by atoms with Crippen molar-refractivity contribution in [3.63, 3.8) is 0 Å². The lowest BCUT2D eigenvalue weighted by Crippen LogP contribution is -2.10. The molecule has 18 heavy (non-hydrogen) atoms. The minimum absolute atomic E-state index is 0.0219. The first kappa shape index (κ1) is 19.0. The molecule has 0 spiro atoms. The number of phenols is 1. The fourth-order valence-electron chi connectivity index (χ4n) is 1.30. The van der Waals surface area contributed by atoms with Gasteiger partial charge in [0.1, 0.15) is 5.75 Å². The molecule has 2 nitrogen and oxygen atoms in total. The number of Topliss-reactive ketones (excluding diaryl/α,β-unsaturated/α-hetero) is 1. The van der Waals surface area contributed by atoms with E-state index in [1.54, 1.807) is 18.2 Å². The molecule has 2 heteroatoms. The van der Waals surface area contributed by atoms with Gasteiger partial charge in [0, 0.05) is 5.92 Å². The summed E-state index contributed by atoms with van der Waals surface area (Å²) in [5.74, 6) is 0.0808. The van der Waals surface area contributed by atoms with Crippen molar-refractivity contribution in [1.82, 2.24) is 0 Å². The molecule has 1 atom stereocenters. The van der Waals surface area contributed by atoms with Gasteiger partial charge in [0.15, 0.2) is 5.78 Å². The quantitative estimate of drug-likeness (QED) is 0.770. The second-order valence-corrected chi connectivity index (χ2v) is 3.69. The summed E-state index contributed by atoms with van der Waals surface area (Å²) < 4.78 is 0. The average Bonchev–Trinajstić information content (AvgIpc) is 2.44. The van der Waals surface area contributed by atoms with Crippen LogP contribution in [0.25, 0.3) is 0 Å². The number of phenolic OH excluding ortho intramolecular Hbond substituents is 1. The van der Waals surface area contributed by atoms with Crippen LogP contribution in [0.4, 0.5) is 0 Å². The molecule has 0 amide bonds. The van der Waals surface area contributed by atoms with Crippen LogP contribution in [0.3, 0.4) is 0 Å². The van der Waals surface area contributed by atoms with Crippen LogP contribution in [0.2, 0.25) is 0 Å². The topological polar surface area (TPSA) is 37.3 Å². The Morgan fingerprint density at radius 1 is 1.22 bits per heavy atom. The lowest BCUT2D eigenvalue weighted by atomic mass is 9.95. The van der Waals surface area contributed by atoms with E-state index in [9.17, 15) is 9.90 Å². The van der Waals surface area contributed by atoms with E-state index in [4.69, 9.17) is 0 Å². The fraction of sp³-hybridized carbons (Fsp3) is 0.562. The zero-order valence-electron chi connectivity index (χ0n) is 12.9. The van der Waals surface area contributed by atoms with Crippen molar-refractivity contribution < 1.29 is 9.90 Å². The first-order valence-electron chi connectivity index (χ1n) is 6.90. The number of carbonyl (C=O) groups is 1. The Kier molecular flexibility index (Phi) is 11.4. The molecule has 0 heterocycles. The highest BCUT2D eigenvalue weighted by molar-refractivity contribution is 6.00. The summed E-state index contributed by atoms with van der Waals surface area (Å²) in [5.41, 5.74) is 1.44. The van der Waals surface area contributed by atoms with E-state index in [0.717, 1.165) is 12.0 Å². The minimum atomic E-state index is -0.0253. The van der Waals surface area contributed by atoms with Gasteiger partial charge < -0.3 is 5.11 Å². The van der Waals surface area contributed by atoms with Gasteiger partial charge in [-0.2, -0.15) is 0 Å². The van der Waals surface area contributed by atoms with E-state index in [1.807, 2.05) is 48.5 Å². The molecule has 1 rings (SSSR count). The second kappa shape index (κ2) is 10.8. The maximum Gasteiger partial charge on any atom is 0.169 e. The average molecular weight is 252 g/mol. The Hall–Kier alpha value is -1.31. The number of benzene rings is 1. The number of carbonyl (C=O) groups excluding carboxylic acids is 1. The number of hydrogen-bond acceptors (Lipinski definition) is 2. The summed E-state index contributed by atoms with van der Waals surface area (Å²) in [6.45, 7) is 13.8. The molecule has 1 unspecified atom stereocenters. The molecule has 0 radical (unpaired) electrons. The van der Waals surface area contributed by atoms with Crippen LogP contribution in [0, 0.1) is 12.8 Å². The molecule has 0 bridgehead atoms. The number of hydrogen-bond donors (Lipinski definition) is 1. The highest BCUT2D eigenvalue weighted by Crippen LogP contribution is 2.22. The minimum Gasteiger partial charge on any atom is -0.507 e. The lowest BCUT2D eigenvalue weighted by molar-refractivity contribution is 0.0924. The molecule has 1 N–H and O–H groups in total. The van der Waals surface area contributed by atoms with Crippen LogP contribution in [-0.4, -0.2) is 10.9 Å². The van der Waals surface area contributed by atoms with Crippen LogP contribution in [-0.2, 0) is 0 Å². The van der Waals surface area contributed by atoms with E-state index in [-0.39, 0.29) is 17.5 Å². The van der Waals surface area contributed by atoms with Gasteiger partial charge in [-0.15, -0.1) is 0 Å². The van der Waals surface area contributed by atoms with Crippen molar-refractivity contribution in [1.29, 1.82) is 0 Å². The summed E-state index contributed by atoms with van der Waals surface area (Å²) in [4.78, 5) is 11.8. The molecule has 0 saturated carbocycles. The SMILES string of the molecule is CC.CC.CCC(C)C(=O)c1cc(C)ccc1O. The standard InChI is InChI=1S/C12H16O2.2C2H6/c1-4-9(3)12(14)10-7-8(2)5-6-11(10)13;2*1-2/h5-7,9,13H,4H2,1-3H3;2*1-2H3. The summed E-state index contributed by atoms with van der Waals surface area (Å²) in [6.07, 6.45) is 0.798. The van der Waals surface area contributed by atoms with Crippen molar-refractivity contribution in [2.24, 2.45) is 5.92 Å². The van der Waals surface area contributed by atoms with Crippen LogP contribution < -0.4 is 0 Å². The molecule has 1 aromatic rings. The molecule has 104 valence electrons. The molecule has 0 aromatic heterocycles. The number of ketones is 1. The van der Waals surface area contributed by atoms with Crippen molar-refractivity contribution in [3.05, 3.63) is 29.3 Å². The van der Waals surface area contributed by atoms with Crippen LogP contribution in [0.5, 0.6) is 5.75 Å². The Balaban J connectivity index is 0. The summed E-state index contributed by atoms with van der Waals surface area (Å²) >= 11 is 0. The molecule has 0 saturated heterocycles. The Morgan fingerprint density at radius 2 is 1.72 bits per heavy atom. The van der Waals surface area contributed by atoms with Crippen LogP contribution in [0.15, 0.2) is 18.2 Å². The summed E-state index contributed by atoms with van der Waals surface area (Å²) in [5, 5.41) is 9.53. The van der Waals surface area contributed by atoms with Gasteiger partial charge in [-0.05, 0) is 25.5 Å². The van der Waals surface area contributed by atoms with Gasteiger partial charge in [0.25, 0.3) is 0 Å². The number of rotatable bonds is 3. The van der Waals surface area contributed by atoms with Gasteiger partial charge in [-0.25, -0.2) is 0 Å². The van der Waals surface area contributed by atoms with E-state index in [1.165, 1.54) is 0 Å². The zero-order valence-corrected chi connectivity index (χ0v) is 12.9. The number of aromatic hydroxyl groups is 1. The van der Waals surface area contributed by atoms with Gasteiger partial charge in [0.2, 0.25) is 0 Å². The largest absolute Gasteiger partial charge is 0.507 e. The van der Waals surface area contributed by atoms with E-state index in [0.29, 0.717) is 5.56 Å². The van der Waals surface area contributed by atoms with Crippen molar-refractivity contribution >= 4 is 5.78 Å². The van der Waals surface area contributed by atoms with Gasteiger partial charge in [-0.3, -0.25) is 4.79 Å². The Labute approximate surface area is 112 Å². The molecule has 0 aliphatic heterocycles. The van der Waals surface area contributed by atoms with Crippen LogP contribution >= 0.6 is 0 Å². The zero-order chi connectivity index (χ0) is 14.7. The third kappa shape index (κ3) is 5.85. The molecule has 0 fully saturated rings. The van der Waals surface area contributed by atoms with Crippen molar-refractivity contribution in [2.75, 3.05) is 0 Å². The normalized spacial score (nSPS) is 10.4. The summed E-state index contributed by atoms with van der Waals surface area (Å²) in [7, 11) is 0. The van der Waals surface area contributed by atoms with Crippen molar-refractivity contribution in [2.45, 2.75) is 54.9 Å². The maximum absolute atomic E-state index is 11.8. The molecule has 0 aliphatic carbocycles. The Bertz CT molecular complexity index is 343. The van der Waals surface area contributed by atoms with Gasteiger partial charge in [0.05, 0.1) is 5.56 Å². The Morgan fingerprint density at radius 3 is 2.17 bits per heavy atom. The lowest BCUT2D eigenvalue weighted by Gasteiger charge is -2.09. The third-order valence-corrected chi connectivity index (χ3v) is 2.48. The third-order valence-electron chi connectivity index (χ3n) is 2.48. The highest BCUT2D eigenvalue weighted by atomic mass is 16.3. The molecule has 0 aliphatic rings. The van der Waals surface area contributed by atoms with E-state index in [2.05, 4.69) is 0 Å². The van der Waals surface area contributed by atoms with Gasteiger partial charge >= 0.3 is 0 Å². The molecular formula is C16H28O2. The molecular weight excluding hydrogens is 224 g/mol. The highest BCUT2D eigenvalue weighted by Gasteiger charge is 2.16. The fourth-order valence-corrected chi connectivity index (χ4v) is 1.30. The first-order chi connectivity index (χ1) is 8.56. The predicted molar refractivity (Wildman–Crippen MR) is 79.3 cm³/mol. The van der Waals surface area contributed by atoms with Gasteiger partial charge in [-0.1, -0.05) is 53.2 Å². The smallest absolute Gasteiger partial charge is 0.169 e. The van der Waals surface area contributed by atoms with Crippen LogP contribution in [0.1, 0.15) is 63.9 Å². The van der Waals surface area contributed by atoms with E-state index >= 15 is 0 Å². The monoisotopic (exact) mass is 252 g/mol. The second-order valence-electron chi connectivity index (χ2n) is 3.69. The maximum atomic E-state index is 11.8. The first-order valence-corrected chi connectivity index (χ1v) is 6.90. The van der Waals surface area contributed by atoms with E-state index < -0.39 is 0 Å². The van der Waals surface area contributed by atoms with Crippen molar-refractivity contribution in [3.8, 4) is 5.75 Å². The number of aryl methyl sites for hydroxylation is 1. The molecule has 1 aromatic carbocycles.